The Labute approximate surface area is 313 Å². The Bertz CT molecular complexity index is 1800. The topological polar surface area (TPSA) is 179 Å². The minimum Gasteiger partial charge on any atom is -0.444 e. The summed E-state index contributed by atoms with van der Waals surface area (Å²) < 4.78 is 77.8. The molecule has 0 aliphatic carbocycles. The number of nitriles is 1. The van der Waals surface area contributed by atoms with Gasteiger partial charge in [-0.3, -0.25) is 19.2 Å². The molecular formula is C37H40F6N6O6. The van der Waals surface area contributed by atoms with Gasteiger partial charge in [0.1, 0.15) is 11.6 Å². The number of carbonyl (C=O) groups excluding carboxylic acids is 5. The van der Waals surface area contributed by atoms with Gasteiger partial charge in [-0.15, -0.1) is 0 Å². The van der Waals surface area contributed by atoms with E-state index in [-0.39, 0.29) is 32.6 Å². The summed E-state index contributed by atoms with van der Waals surface area (Å²) in [7, 11) is 0. The number of alkyl halides is 6. The molecule has 3 aromatic rings. The van der Waals surface area contributed by atoms with Crippen molar-refractivity contribution in [3.05, 3.63) is 106 Å². The first kappa shape index (κ1) is 45.0. The summed E-state index contributed by atoms with van der Waals surface area (Å²) in [6, 6.07) is 20.4. The summed E-state index contributed by atoms with van der Waals surface area (Å²) in [6.45, 7) is 6.16. The molecule has 3 rings (SSSR count). The lowest BCUT2D eigenvalue weighted by Gasteiger charge is -2.23. The van der Waals surface area contributed by atoms with E-state index in [0.29, 0.717) is 22.3 Å². The van der Waals surface area contributed by atoms with Crippen LogP contribution in [-0.2, 0) is 50.0 Å². The summed E-state index contributed by atoms with van der Waals surface area (Å²) in [5.74, 6) is -5.13. The highest BCUT2D eigenvalue weighted by Gasteiger charge is 2.39. The molecule has 3 aromatic carbocycles. The summed E-state index contributed by atoms with van der Waals surface area (Å²) in [4.78, 5) is 59.0. The first-order valence-electron chi connectivity index (χ1n) is 16.4. The van der Waals surface area contributed by atoms with Crippen LogP contribution in [0.1, 0.15) is 54.2 Å². The van der Waals surface area contributed by atoms with Gasteiger partial charge in [-0.25, -0.2) is 4.79 Å². The molecule has 1 atom stereocenters. The molecule has 55 heavy (non-hydrogen) atoms. The van der Waals surface area contributed by atoms with Crippen LogP contribution in [0.5, 0.6) is 0 Å². The number of hydrogen-bond acceptors (Lipinski definition) is 7. The molecule has 0 heterocycles. The van der Waals surface area contributed by atoms with Gasteiger partial charge in [0.2, 0.25) is 11.8 Å². The van der Waals surface area contributed by atoms with E-state index in [0.717, 1.165) is 11.1 Å². The molecule has 0 aliphatic rings. The van der Waals surface area contributed by atoms with E-state index in [9.17, 15) is 50.3 Å². The van der Waals surface area contributed by atoms with Gasteiger partial charge in [-0.1, -0.05) is 66.2 Å². The SMILES string of the molecule is CC(C)(C)OC(=O)NC(Cc1ccc(CNC(=O)C(F)(F)F)cc1)C(=O)NCC(=O)NCc1ccc(C#N)cc1.Cc1ccc(CNC(=O)C(F)(F)F)cc1. The number of amides is 5. The van der Waals surface area contributed by atoms with Crippen LogP contribution in [0.3, 0.4) is 0 Å². The molecule has 0 fully saturated rings. The first-order valence-corrected chi connectivity index (χ1v) is 16.4. The van der Waals surface area contributed by atoms with Crippen molar-refractivity contribution in [2.75, 3.05) is 6.54 Å². The van der Waals surface area contributed by atoms with Crippen molar-refractivity contribution in [3.63, 3.8) is 0 Å². The summed E-state index contributed by atoms with van der Waals surface area (Å²) in [6.07, 6.45) is -10.7. The zero-order valence-corrected chi connectivity index (χ0v) is 30.2. The van der Waals surface area contributed by atoms with Crippen molar-refractivity contribution >= 4 is 29.7 Å². The second-order valence-corrected chi connectivity index (χ2v) is 12.9. The Balaban J connectivity index is 0.000000580. The number of carbonyl (C=O) groups is 5. The summed E-state index contributed by atoms with van der Waals surface area (Å²) >= 11 is 0. The van der Waals surface area contributed by atoms with Crippen molar-refractivity contribution in [2.24, 2.45) is 0 Å². The number of rotatable bonds is 12. The molecule has 1 unspecified atom stereocenters. The van der Waals surface area contributed by atoms with E-state index in [1.165, 1.54) is 24.3 Å². The molecule has 0 aliphatic heterocycles. The van der Waals surface area contributed by atoms with E-state index in [2.05, 4.69) is 16.0 Å². The van der Waals surface area contributed by atoms with Crippen LogP contribution in [0, 0.1) is 18.3 Å². The highest BCUT2D eigenvalue weighted by molar-refractivity contribution is 5.89. The van der Waals surface area contributed by atoms with Crippen LogP contribution in [-0.4, -0.2) is 60.3 Å². The molecule has 0 radical (unpaired) electrons. The fraction of sp³-hybridized carbons (Fsp3) is 0.351. The normalized spacial score (nSPS) is 11.7. The van der Waals surface area contributed by atoms with E-state index in [1.807, 2.05) is 13.0 Å². The third kappa shape index (κ3) is 18.0. The Hall–Kier alpha value is -6.12. The summed E-state index contributed by atoms with van der Waals surface area (Å²) in [5.41, 5.74) is 2.99. The average Bonchev–Trinajstić information content (AvgIpc) is 3.10. The van der Waals surface area contributed by atoms with Gasteiger partial charge in [0.15, 0.2) is 0 Å². The molecule has 296 valence electrons. The van der Waals surface area contributed by atoms with Crippen LogP contribution >= 0.6 is 0 Å². The predicted octanol–water partition coefficient (Wildman–Crippen LogP) is 4.78. The molecule has 0 bridgehead atoms. The van der Waals surface area contributed by atoms with Crippen LogP contribution in [0.15, 0.2) is 72.8 Å². The Morgan fingerprint density at radius 2 is 1.07 bits per heavy atom. The van der Waals surface area contributed by atoms with Gasteiger partial charge in [0.05, 0.1) is 18.2 Å². The maximum Gasteiger partial charge on any atom is 0.471 e. The maximum absolute atomic E-state index is 12.9. The van der Waals surface area contributed by atoms with Crippen LogP contribution in [0.25, 0.3) is 0 Å². The second-order valence-electron chi connectivity index (χ2n) is 12.9. The highest BCUT2D eigenvalue weighted by Crippen LogP contribution is 2.16. The van der Waals surface area contributed by atoms with Gasteiger partial charge >= 0.3 is 30.3 Å². The molecule has 0 saturated heterocycles. The molecule has 18 heteroatoms. The average molecular weight is 779 g/mol. The number of benzene rings is 3. The number of alkyl carbamates (subject to hydrolysis) is 1. The van der Waals surface area contributed by atoms with Gasteiger partial charge in [0.25, 0.3) is 0 Å². The zero-order valence-electron chi connectivity index (χ0n) is 30.2. The molecule has 12 nitrogen and oxygen atoms in total. The number of hydrogen-bond donors (Lipinski definition) is 5. The van der Waals surface area contributed by atoms with Gasteiger partial charge < -0.3 is 31.3 Å². The monoisotopic (exact) mass is 778 g/mol. The van der Waals surface area contributed by atoms with Crippen LogP contribution in [0.4, 0.5) is 31.1 Å². The van der Waals surface area contributed by atoms with E-state index >= 15 is 0 Å². The smallest absolute Gasteiger partial charge is 0.444 e. The molecule has 5 N–H and O–H groups in total. The van der Waals surface area contributed by atoms with Crippen LogP contribution < -0.4 is 26.6 Å². The lowest BCUT2D eigenvalue weighted by Crippen LogP contribution is -2.51. The van der Waals surface area contributed by atoms with Crippen molar-refractivity contribution in [1.29, 1.82) is 5.26 Å². The van der Waals surface area contributed by atoms with Crippen molar-refractivity contribution in [2.45, 2.75) is 77.7 Å². The predicted molar refractivity (Wildman–Crippen MR) is 186 cm³/mol. The zero-order chi connectivity index (χ0) is 41.4. The van der Waals surface area contributed by atoms with Crippen molar-refractivity contribution < 1.29 is 55.1 Å². The fourth-order valence-corrected chi connectivity index (χ4v) is 4.21. The quantitative estimate of drug-likeness (QED) is 0.164. The Morgan fingerprint density at radius 1 is 0.655 bits per heavy atom. The fourth-order valence-electron chi connectivity index (χ4n) is 4.21. The van der Waals surface area contributed by atoms with Crippen molar-refractivity contribution in [1.82, 2.24) is 26.6 Å². The van der Waals surface area contributed by atoms with Crippen molar-refractivity contribution in [3.8, 4) is 6.07 Å². The van der Waals surface area contributed by atoms with E-state index in [4.69, 9.17) is 10.00 Å². The minimum absolute atomic E-state index is 0.0207. The third-order valence-corrected chi connectivity index (χ3v) is 7.01. The minimum atomic E-state index is -4.99. The lowest BCUT2D eigenvalue weighted by molar-refractivity contribution is -0.173. The van der Waals surface area contributed by atoms with E-state index in [1.54, 1.807) is 79.9 Å². The number of nitrogens with zero attached hydrogens (tertiary/aromatic N) is 1. The third-order valence-electron chi connectivity index (χ3n) is 7.01. The Kier molecular flexibility index (Phi) is 16.7. The van der Waals surface area contributed by atoms with Gasteiger partial charge in [0, 0.05) is 26.1 Å². The van der Waals surface area contributed by atoms with Gasteiger partial charge in [-0.05, 0) is 62.1 Å². The molecule has 0 saturated carbocycles. The second kappa shape index (κ2) is 20.4. The van der Waals surface area contributed by atoms with Crippen LogP contribution in [0.2, 0.25) is 0 Å². The molecule has 5 amide bonds. The van der Waals surface area contributed by atoms with E-state index < -0.39 is 53.7 Å². The molecular weight excluding hydrogens is 738 g/mol. The maximum atomic E-state index is 12.9. The highest BCUT2D eigenvalue weighted by atomic mass is 19.4. The number of aryl methyl sites for hydroxylation is 1. The molecule has 0 spiro atoms. The first-order chi connectivity index (χ1) is 25.5. The number of halogens is 6. The molecule has 0 aromatic heterocycles. The lowest BCUT2D eigenvalue weighted by atomic mass is 10.0. The largest absolute Gasteiger partial charge is 0.471 e. The summed E-state index contributed by atoms with van der Waals surface area (Å²) in [5, 5.41) is 20.0. The number of nitrogens with one attached hydrogen (secondary N) is 5. The Morgan fingerprint density at radius 3 is 1.51 bits per heavy atom. The standard InChI is InChI=1S/C27H30F3N5O5.C10H10F3NO/c1-26(2,3)40-25(39)35-21(12-17-4-8-20(9-5-17)15-34-24(38)27(28,29)30)23(37)33-16-22(36)32-14-19-10-6-18(13-31)7-11-19;1-7-2-4-8(5-3-7)6-14-9(15)10(11,12)13/h4-11,21H,12,14-16H2,1-3H3,(H,32,36)(H,33,37)(H,34,38)(H,35,39);2-5H,6H2,1H3,(H,14,15). The van der Waals surface area contributed by atoms with Gasteiger partial charge in [-0.2, -0.15) is 31.6 Å². The number of ether oxygens (including phenoxy) is 1.